The second-order valence-corrected chi connectivity index (χ2v) is 5.03. The lowest BCUT2D eigenvalue weighted by Crippen LogP contribution is -2.02. The molecule has 1 aliphatic rings. The number of halogens is 1. The number of phenolic OH excluding ortho intramolecular Hbond substituents is 1. The van der Waals surface area contributed by atoms with Crippen LogP contribution in [0.4, 0.5) is 5.69 Å². The van der Waals surface area contributed by atoms with Crippen LogP contribution < -0.4 is 14.8 Å². The molecule has 0 aliphatic carbocycles. The molecule has 4 nitrogen and oxygen atoms in total. The Labute approximate surface area is 121 Å². The van der Waals surface area contributed by atoms with Gasteiger partial charge in [0.25, 0.3) is 0 Å². The lowest BCUT2D eigenvalue weighted by Gasteiger charge is -2.12. The maximum absolute atomic E-state index is 9.98. The summed E-state index contributed by atoms with van der Waals surface area (Å²) in [6.45, 7) is 2.62. The molecule has 0 radical (unpaired) electrons. The van der Waals surface area contributed by atoms with E-state index < -0.39 is 0 Å². The Morgan fingerprint density at radius 1 is 1.25 bits per heavy atom. The highest BCUT2D eigenvalue weighted by molar-refractivity contribution is 6.33. The summed E-state index contributed by atoms with van der Waals surface area (Å²) in [4.78, 5) is 0. The minimum absolute atomic E-state index is 0.173. The highest BCUT2D eigenvalue weighted by Gasteiger charge is 2.17. The van der Waals surface area contributed by atoms with Gasteiger partial charge in [0.05, 0.1) is 10.7 Å². The minimum atomic E-state index is 0.173. The predicted molar refractivity (Wildman–Crippen MR) is 77.7 cm³/mol. The lowest BCUT2D eigenvalue weighted by molar-refractivity contribution is 0.174. The summed E-state index contributed by atoms with van der Waals surface area (Å²) in [5.74, 6) is 1.39. The maximum Gasteiger partial charge on any atom is 0.231 e. The standard InChI is InChI=1S/C15H14ClNO3/c1-9-3-2-4-11(16)15(9)17-7-10-5-13-14(6-12(10)18)20-8-19-13/h2-6,17-18H,7-8H2,1H3. The normalized spacial score (nSPS) is 12.5. The molecule has 1 aliphatic heterocycles. The number of rotatable bonds is 3. The molecule has 0 spiro atoms. The molecule has 0 atom stereocenters. The molecule has 3 rings (SSSR count). The van der Waals surface area contributed by atoms with E-state index in [0.717, 1.165) is 16.8 Å². The monoisotopic (exact) mass is 291 g/mol. The molecule has 0 amide bonds. The van der Waals surface area contributed by atoms with E-state index in [1.54, 1.807) is 12.1 Å². The van der Waals surface area contributed by atoms with Gasteiger partial charge in [-0.2, -0.15) is 0 Å². The molecule has 2 aromatic carbocycles. The van der Waals surface area contributed by atoms with Gasteiger partial charge in [-0.1, -0.05) is 23.7 Å². The third-order valence-electron chi connectivity index (χ3n) is 3.25. The predicted octanol–water partition coefficient (Wildman–Crippen LogP) is 3.69. The van der Waals surface area contributed by atoms with E-state index in [2.05, 4.69) is 5.32 Å². The summed E-state index contributed by atoms with van der Waals surface area (Å²) in [6.07, 6.45) is 0. The van der Waals surface area contributed by atoms with Crippen molar-refractivity contribution in [1.82, 2.24) is 0 Å². The van der Waals surface area contributed by atoms with E-state index in [-0.39, 0.29) is 12.5 Å². The molecule has 0 fully saturated rings. The number of para-hydroxylation sites is 1. The van der Waals surface area contributed by atoms with Crippen molar-refractivity contribution < 1.29 is 14.6 Å². The van der Waals surface area contributed by atoms with Crippen LogP contribution in [0.2, 0.25) is 5.02 Å². The van der Waals surface area contributed by atoms with E-state index in [1.807, 2.05) is 25.1 Å². The first-order chi connectivity index (χ1) is 9.65. The molecule has 1 heterocycles. The number of benzene rings is 2. The summed E-state index contributed by atoms with van der Waals surface area (Å²) >= 11 is 6.16. The van der Waals surface area contributed by atoms with Crippen molar-refractivity contribution in [2.45, 2.75) is 13.5 Å². The van der Waals surface area contributed by atoms with Crippen LogP contribution in [-0.2, 0) is 6.54 Å². The first-order valence-electron chi connectivity index (χ1n) is 6.25. The van der Waals surface area contributed by atoms with Gasteiger partial charge in [-0.05, 0) is 24.6 Å². The summed E-state index contributed by atoms with van der Waals surface area (Å²) < 4.78 is 10.5. The molecule has 2 N–H and O–H groups in total. The highest BCUT2D eigenvalue weighted by Crippen LogP contribution is 2.38. The zero-order chi connectivity index (χ0) is 14.1. The number of hydrogen-bond acceptors (Lipinski definition) is 4. The molecule has 5 heteroatoms. The number of fused-ring (bicyclic) bond motifs is 1. The molecule has 0 unspecified atom stereocenters. The van der Waals surface area contributed by atoms with Gasteiger partial charge in [0.15, 0.2) is 11.5 Å². The third-order valence-corrected chi connectivity index (χ3v) is 3.57. The number of ether oxygens (including phenoxy) is 2. The fourth-order valence-corrected chi connectivity index (χ4v) is 2.44. The van der Waals surface area contributed by atoms with Crippen LogP contribution >= 0.6 is 11.6 Å². The average Bonchev–Trinajstić information content (AvgIpc) is 2.85. The van der Waals surface area contributed by atoms with Gasteiger partial charge in [-0.3, -0.25) is 0 Å². The van der Waals surface area contributed by atoms with E-state index in [4.69, 9.17) is 21.1 Å². The van der Waals surface area contributed by atoms with Crippen LogP contribution in [0.25, 0.3) is 0 Å². The molecular weight excluding hydrogens is 278 g/mol. The number of phenols is 1. The Balaban J connectivity index is 1.82. The molecule has 20 heavy (non-hydrogen) atoms. The molecule has 104 valence electrons. The minimum Gasteiger partial charge on any atom is -0.507 e. The van der Waals surface area contributed by atoms with Gasteiger partial charge in [0.2, 0.25) is 6.79 Å². The van der Waals surface area contributed by atoms with Gasteiger partial charge >= 0.3 is 0 Å². The van der Waals surface area contributed by atoms with Gasteiger partial charge in [-0.15, -0.1) is 0 Å². The Bertz CT molecular complexity index is 638. The number of anilines is 1. The average molecular weight is 292 g/mol. The Morgan fingerprint density at radius 3 is 2.75 bits per heavy atom. The summed E-state index contributed by atoms with van der Waals surface area (Å²) in [7, 11) is 0. The van der Waals surface area contributed by atoms with Crippen LogP contribution in [0.15, 0.2) is 30.3 Å². The largest absolute Gasteiger partial charge is 0.507 e. The second kappa shape index (κ2) is 5.13. The van der Waals surface area contributed by atoms with Crippen LogP contribution in [0.5, 0.6) is 17.2 Å². The van der Waals surface area contributed by atoms with Gasteiger partial charge in [0.1, 0.15) is 5.75 Å². The highest BCUT2D eigenvalue weighted by atomic mass is 35.5. The summed E-state index contributed by atoms with van der Waals surface area (Å²) in [6, 6.07) is 9.06. The lowest BCUT2D eigenvalue weighted by atomic mass is 10.1. The first-order valence-corrected chi connectivity index (χ1v) is 6.63. The van der Waals surface area contributed by atoms with Crippen molar-refractivity contribution in [3.05, 3.63) is 46.5 Å². The zero-order valence-corrected chi connectivity index (χ0v) is 11.7. The first kappa shape index (κ1) is 12.9. The van der Waals surface area contributed by atoms with Crippen molar-refractivity contribution in [3.8, 4) is 17.2 Å². The third kappa shape index (κ3) is 2.34. The SMILES string of the molecule is Cc1cccc(Cl)c1NCc1cc2c(cc1O)OCO2. The topological polar surface area (TPSA) is 50.7 Å². The van der Waals surface area contributed by atoms with Crippen LogP contribution in [-0.4, -0.2) is 11.9 Å². The Hall–Kier alpha value is -2.07. The summed E-state index contributed by atoms with van der Waals surface area (Å²) in [5, 5.41) is 13.9. The molecule has 0 saturated heterocycles. The van der Waals surface area contributed by atoms with Gasteiger partial charge < -0.3 is 19.9 Å². The molecule has 0 aromatic heterocycles. The quantitative estimate of drug-likeness (QED) is 0.905. The van der Waals surface area contributed by atoms with E-state index in [1.165, 1.54) is 0 Å². The number of aromatic hydroxyl groups is 1. The summed E-state index contributed by atoms with van der Waals surface area (Å²) in [5.41, 5.74) is 2.65. The van der Waals surface area contributed by atoms with Crippen molar-refractivity contribution in [3.63, 3.8) is 0 Å². The smallest absolute Gasteiger partial charge is 0.231 e. The number of hydrogen-bond donors (Lipinski definition) is 2. The maximum atomic E-state index is 9.98. The van der Waals surface area contributed by atoms with Gasteiger partial charge in [0, 0.05) is 18.2 Å². The zero-order valence-electron chi connectivity index (χ0n) is 10.9. The Kier molecular flexibility index (Phi) is 3.32. The van der Waals surface area contributed by atoms with Crippen molar-refractivity contribution in [2.24, 2.45) is 0 Å². The Morgan fingerprint density at radius 2 is 2.00 bits per heavy atom. The molecule has 0 bridgehead atoms. The van der Waals surface area contributed by atoms with E-state index in [0.29, 0.717) is 23.1 Å². The second-order valence-electron chi connectivity index (χ2n) is 4.62. The van der Waals surface area contributed by atoms with Crippen LogP contribution in [0, 0.1) is 6.92 Å². The van der Waals surface area contributed by atoms with Crippen molar-refractivity contribution in [2.75, 3.05) is 12.1 Å². The molecular formula is C15H14ClNO3. The van der Waals surface area contributed by atoms with Crippen LogP contribution in [0.1, 0.15) is 11.1 Å². The molecule has 2 aromatic rings. The van der Waals surface area contributed by atoms with Crippen molar-refractivity contribution >= 4 is 17.3 Å². The fraction of sp³-hybridized carbons (Fsp3) is 0.200. The fourth-order valence-electron chi connectivity index (χ4n) is 2.15. The molecule has 0 saturated carbocycles. The van der Waals surface area contributed by atoms with Crippen LogP contribution in [0.3, 0.4) is 0 Å². The van der Waals surface area contributed by atoms with Crippen molar-refractivity contribution in [1.29, 1.82) is 0 Å². The number of nitrogens with one attached hydrogen (secondary N) is 1. The van der Waals surface area contributed by atoms with E-state index >= 15 is 0 Å². The van der Waals surface area contributed by atoms with E-state index in [9.17, 15) is 5.11 Å². The van der Waals surface area contributed by atoms with Gasteiger partial charge in [-0.25, -0.2) is 0 Å². The number of aryl methyl sites for hydroxylation is 1.